The Morgan fingerprint density at radius 2 is 2.12 bits per heavy atom. The molecule has 0 aliphatic rings. The number of hydrogen-bond donors (Lipinski definition) is 2. The normalized spacial score (nSPS) is 11.8. The summed E-state index contributed by atoms with van der Waals surface area (Å²) in [6.45, 7) is 5.03. The van der Waals surface area contributed by atoms with Gasteiger partial charge in [-0.15, -0.1) is 0 Å². The first kappa shape index (κ1) is 14.0. The Hall–Kier alpha value is -0.0900. The van der Waals surface area contributed by atoms with E-state index in [2.05, 4.69) is 35.1 Å². The summed E-state index contributed by atoms with van der Waals surface area (Å²) < 4.78 is 0.982. The first-order valence-electron chi connectivity index (χ1n) is 5.24. The molecular weight excluding hydrogens is 289 g/mol. The summed E-state index contributed by atoms with van der Waals surface area (Å²) in [5.74, 6) is 0. The quantitative estimate of drug-likeness (QED) is 0.874. The van der Waals surface area contributed by atoms with Crippen LogP contribution < -0.4 is 5.32 Å². The molecule has 2 nitrogen and oxygen atoms in total. The zero-order chi connectivity index (χ0) is 12.2. The van der Waals surface area contributed by atoms with Crippen molar-refractivity contribution in [2.45, 2.75) is 32.4 Å². The first-order valence-corrected chi connectivity index (χ1v) is 6.41. The first-order chi connectivity index (χ1) is 7.44. The number of aliphatic hydroxyl groups excluding tert-OH is 1. The Kier molecular flexibility index (Phi) is 5.25. The molecule has 1 aromatic carbocycles. The standard InChI is InChI=1S/C12H17BrClNO/c1-12(2,5-6-16)15-8-9-3-4-10(13)7-11(9)14/h3-4,7,15-16H,5-6,8H2,1-2H3. The van der Waals surface area contributed by atoms with Crippen LogP contribution in [0.15, 0.2) is 22.7 Å². The Morgan fingerprint density at radius 1 is 1.44 bits per heavy atom. The molecule has 0 heterocycles. The largest absolute Gasteiger partial charge is 0.396 e. The topological polar surface area (TPSA) is 32.3 Å². The third-order valence-electron chi connectivity index (χ3n) is 2.51. The lowest BCUT2D eigenvalue weighted by atomic mass is 10.0. The maximum Gasteiger partial charge on any atom is 0.0462 e. The SMILES string of the molecule is CC(C)(CCO)NCc1ccc(Br)cc1Cl. The van der Waals surface area contributed by atoms with Gasteiger partial charge in [0.15, 0.2) is 0 Å². The van der Waals surface area contributed by atoms with E-state index in [1.54, 1.807) is 0 Å². The van der Waals surface area contributed by atoms with E-state index in [1.807, 2.05) is 18.2 Å². The molecule has 0 atom stereocenters. The molecule has 4 heteroatoms. The van der Waals surface area contributed by atoms with Gasteiger partial charge in [0.2, 0.25) is 0 Å². The van der Waals surface area contributed by atoms with Crippen molar-refractivity contribution in [3.8, 4) is 0 Å². The predicted molar refractivity (Wildman–Crippen MR) is 71.8 cm³/mol. The van der Waals surface area contributed by atoms with Crippen molar-refractivity contribution in [1.82, 2.24) is 5.32 Å². The van der Waals surface area contributed by atoms with E-state index in [4.69, 9.17) is 16.7 Å². The number of aliphatic hydroxyl groups is 1. The van der Waals surface area contributed by atoms with Crippen LogP contribution in [-0.2, 0) is 6.54 Å². The van der Waals surface area contributed by atoms with Gasteiger partial charge in [-0.3, -0.25) is 0 Å². The molecule has 0 bridgehead atoms. The summed E-state index contributed by atoms with van der Waals surface area (Å²) in [7, 11) is 0. The third kappa shape index (κ3) is 4.42. The molecule has 1 aromatic rings. The molecule has 16 heavy (non-hydrogen) atoms. The Balaban J connectivity index is 2.61. The van der Waals surface area contributed by atoms with Crippen molar-refractivity contribution >= 4 is 27.5 Å². The number of hydrogen-bond acceptors (Lipinski definition) is 2. The van der Waals surface area contributed by atoms with E-state index in [-0.39, 0.29) is 12.1 Å². The van der Waals surface area contributed by atoms with Gasteiger partial charge >= 0.3 is 0 Å². The average Bonchev–Trinajstić information content (AvgIpc) is 2.16. The summed E-state index contributed by atoms with van der Waals surface area (Å²) in [5.41, 5.74) is 0.987. The summed E-state index contributed by atoms with van der Waals surface area (Å²) in [6.07, 6.45) is 0.723. The highest BCUT2D eigenvalue weighted by atomic mass is 79.9. The molecule has 0 radical (unpaired) electrons. The monoisotopic (exact) mass is 305 g/mol. The number of benzene rings is 1. The molecule has 90 valence electrons. The lowest BCUT2D eigenvalue weighted by Gasteiger charge is -2.25. The van der Waals surface area contributed by atoms with E-state index in [9.17, 15) is 0 Å². The zero-order valence-corrected chi connectivity index (χ0v) is 11.9. The van der Waals surface area contributed by atoms with Crippen molar-refractivity contribution < 1.29 is 5.11 Å². The van der Waals surface area contributed by atoms with Crippen LogP contribution in [-0.4, -0.2) is 17.3 Å². The van der Waals surface area contributed by atoms with Crippen molar-refractivity contribution in [2.75, 3.05) is 6.61 Å². The number of nitrogens with one attached hydrogen (secondary N) is 1. The fourth-order valence-corrected chi connectivity index (χ4v) is 2.11. The van der Waals surface area contributed by atoms with E-state index in [0.29, 0.717) is 6.54 Å². The molecule has 0 unspecified atom stereocenters. The third-order valence-corrected chi connectivity index (χ3v) is 3.35. The van der Waals surface area contributed by atoms with Gasteiger partial charge in [0.25, 0.3) is 0 Å². The van der Waals surface area contributed by atoms with Crippen LogP contribution in [0.4, 0.5) is 0 Å². The van der Waals surface area contributed by atoms with Crippen molar-refractivity contribution in [1.29, 1.82) is 0 Å². The number of halogens is 2. The summed E-state index contributed by atoms with van der Waals surface area (Å²) in [4.78, 5) is 0. The van der Waals surface area contributed by atoms with Crippen LogP contribution in [0.5, 0.6) is 0 Å². The minimum Gasteiger partial charge on any atom is -0.396 e. The van der Waals surface area contributed by atoms with E-state index >= 15 is 0 Å². The molecule has 0 aliphatic carbocycles. The van der Waals surface area contributed by atoms with Crippen molar-refractivity contribution in [3.05, 3.63) is 33.3 Å². The van der Waals surface area contributed by atoms with Crippen LogP contribution in [0.1, 0.15) is 25.8 Å². The lowest BCUT2D eigenvalue weighted by molar-refractivity contribution is 0.230. The van der Waals surface area contributed by atoms with Crippen molar-refractivity contribution in [3.63, 3.8) is 0 Å². The molecule has 0 amide bonds. The van der Waals surface area contributed by atoms with Crippen molar-refractivity contribution in [2.24, 2.45) is 0 Å². The molecule has 0 fully saturated rings. The van der Waals surface area contributed by atoms with Gasteiger partial charge in [-0.2, -0.15) is 0 Å². The van der Waals surface area contributed by atoms with Crippen LogP contribution >= 0.6 is 27.5 Å². The Labute approximate surface area is 110 Å². The van der Waals surface area contributed by atoms with Crippen LogP contribution in [0, 0.1) is 0 Å². The smallest absolute Gasteiger partial charge is 0.0462 e. The fraction of sp³-hybridized carbons (Fsp3) is 0.500. The molecular formula is C12H17BrClNO. The lowest BCUT2D eigenvalue weighted by Crippen LogP contribution is -2.39. The minimum absolute atomic E-state index is 0.0782. The maximum atomic E-state index is 8.92. The minimum atomic E-state index is -0.0782. The highest BCUT2D eigenvalue weighted by Gasteiger charge is 2.16. The van der Waals surface area contributed by atoms with Gasteiger partial charge in [-0.1, -0.05) is 33.6 Å². The molecule has 0 aliphatic heterocycles. The van der Waals surface area contributed by atoms with E-state index in [1.165, 1.54) is 0 Å². The summed E-state index contributed by atoms with van der Waals surface area (Å²) in [5, 5.41) is 13.0. The predicted octanol–water partition coefficient (Wildman–Crippen LogP) is 3.35. The highest BCUT2D eigenvalue weighted by molar-refractivity contribution is 9.10. The molecule has 2 N–H and O–H groups in total. The summed E-state index contributed by atoms with van der Waals surface area (Å²) >= 11 is 9.49. The molecule has 0 spiro atoms. The van der Waals surface area contributed by atoms with Crippen LogP contribution in [0.2, 0.25) is 5.02 Å². The van der Waals surface area contributed by atoms with Gasteiger partial charge in [0.1, 0.15) is 0 Å². The van der Waals surface area contributed by atoms with Crippen LogP contribution in [0.25, 0.3) is 0 Å². The maximum absolute atomic E-state index is 8.92. The van der Waals surface area contributed by atoms with Gasteiger partial charge in [0, 0.05) is 28.2 Å². The molecule has 0 aromatic heterocycles. The van der Waals surface area contributed by atoms with Gasteiger partial charge < -0.3 is 10.4 Å². The highest BCUT2D eigenvalue weighted by Crippen LogP contribution is 2.22. The Morgan fingerprint density at radius 3 is 2.69 bits per heavy atom. The molecule has 1 rings (SSSR count). The van der Waals surface area contributed by atoms with Gasteiger partial charge in [-0.05, 0) is 38.0 Å². The fourth-order valence-electron chi connectivity index (χ4n) is 1.37. The molecule has 0 saturated carbocycles. The second-order valence-corrected chi connectivity index (χ2v) is 5.77. The number of rotatable bonds is 5. The Bertz CT molecular complexity index is 355. The van der Waals surface area contributed by atoms with Gasteiger partial charge in [-0.25, -0.2) is 0 Å². The van der Waals surface area contributed by atoms with E-state index in [0.717, 1.165) is 21.5 Å². The average molecular weight is 307 g/mol. The second kappa shape index (κ2) is 6.01. The van der Waals surface area contributed by atoms with Gasteiger partial charge in [0.05, 0.1) is 0 Å². The van der Waals surface area contributed by atoms with E-state index < -0.39 is 0 Å². The molecule has 0 saturated heterocycles. The summed E-state index contributed by atoms with van der Waals surface area (Å²) in [6, 6.07) is 5.86. The van der Waals surface area contributed by atoms with Crippen LogP contribution in [0.3, 0.4) is 0 Å². The zero-order valence-electron chi connectivity index (χ0n) is 9.56. The second-order valence-electron chi connectivity index (χ2n) is 4.45.